The third kappa shape index (κ3) is 2.32. The number of hydrazine groups is 1. The maximum absolute atomic E-state index is 5.37. The maximum atomic E-state index is 5.37. The lowest BCUT2D eigenvalue weighted by Gasteiger charge is -2.26. The smallest absolute Gasteiger partial charge is 0.0485 e. The van der Waals surface area contributed by atoms with Gasteiger partial charge in [-0.3, -0.25) is 5.84 Å². The van der Waals surface area contributed by atoms with Gasteiger partial charge in [-0.1, -0.05) is 56.3 Å². The van der Waals surface area contributed by atoms with Gasteiger partial charge in [0.1, 0.15) is 0 Å². The highest BCUT2D eigenvalue weighted by Crippen LogP contribution is 2.31. The highest BCUT2D eigenvalue weighted by molar-refractivity contribution is 5.47. The molecule has 0 aliphatic rings. The molecule has 0 aromatic heterocycles. The number of nitrogens with two attached hydrogens (primary N) is 1. The summed E-state index contributed by atoms with van der Waals surface area (Å²) in [6, 6.07) is 18.7. The lowest BCUT2D eigenvalue weighted by molar-refractivity contribution is 0.641. The average molecular weight is 226 g/mol. The zero-order valence-electron chi connectivity index (χ0n) is 10.3. The van der Waals surface area contributed by atoms with E-state index in [0.717, 1.165) is 5.69 Å². The van der Waals surface area contributed by atoms with Crippen LogP contribution in [-0.2, 0) is 5.41 Å². The normalized spacial score (nSPS) is 11.2. The van der Waals surface area contributed by atoms with E-state index in [1.54, 1.807) is 0 Å². The van der Waals surface area contributed by atoms with Crippen LogP contribution in [0.25, 0.3) is 0 Å². The van der Waals surface area contributed by atoms with Crippen LogP contribution < -0.4 is 11.3 Å². The van der Waals surface area contributed by atoms with E-state index in [1.165, 1.54) is 11.1 Å². The Labute approximate surface area is 102 Å². The molecule has 0 amide bonds. The van der Waals surface area contributed by atoms with Gasteiger partial charge in [0.25, 0.3) is 0 Å². The van der Waals surface area contributed by atoms with E-state index in [1.807, 2.05) is 18.2 Å². The summed E-state index contributed by atoms with van der Waals surface area (Å²) in [5.74, 6) is 5.37. The summed E-state index contributed by atoms with van der Waals surface area (Å²) >= 11 is 0. The van der Waals surface area contributed by atoms with Crippen molar-refractivity contribution in [3.8, 4) is 0 Å². The summed E-state index contributed by atoms with van der Waals surface area (Å²) in [6.07, 6.45) is 0. The molecule has 0 saturated heterocycles. The highest BCUT2D eigenvalue weighted by atomic mass is 15.2. The molecule has 0 spiro atoms. The number of rotatable bonds is 3. The average Bonchev–Trinajstić information content (AvgIpc) is 2.40. The van der Waals surface area contributed by atoms with Crippen LogP contribution in [0.15, 0.2) is 54.6 Å². The summed E-state index contributed by atoms with van der Waals surface area (Å²) in [5.41, 5.74) is 6.18. The van der Waals surface area contributed by atoms with Crippen molar-refractivity contribution in [2.45, 2.75) is 19.3 Å². The number of hydrogen-bond acceptors (Lipinski definition) is 2. The van der Waals surface area contributed by atoms with Crippen molar-refractivity contribution in [3.05, 3.63) is 65.7 Å². The van der Waals surface area contributed by atoms with Crippen LogP contribution in [0.4, 0.5) is 5.69 Å². The first-order valence-corrected chi connectivity index (χ1v) is 5.77. The second kappa shape index (κ2) is 4.60. The summed E-state index contributed by atoms with van der Waals surface area (Å²) in [5, 5.41) is 0. The zero-order chi connectivity index (χ0) is 12.3. The Kier molecular flexibility index (Phi) is 3.16. The summed E-state index contributed by atoms with van der Waals surface area (Å²) < 4.78 is 0. The Morgan fingerprint density at radius 3 is 1.88 bits per heavy atom. The third-order valence-corrected chi connectivity index (χ3v) is 3.27. The van der Waals surface area contributed by atoms with Crippen LogP contribution in [0.1, 0.15) is 25.0 Å². The van der Waals surface area contributed by atoms with Gasteiger partial charge in [-0.2, -0.15) is 0 Å². The molecule has 2 aromatic carbocycles. The fourth-order valence-electron chi connectivity index (χ4n) is 2.00. The van der Waals surface area contributed by atoms with Gasteiger partial charge >= 0.3 is 0 Å². The predicted octanol–water partition coefficient (Wildman–Crippen LogP) is 3.30. The number of anilines is 1. The van der Waals surface area contributed by atoms with Crippen molar-refractivity contribution in [1.82, 2.24) is 0 Å². The molecule has 3 N–H and O–H groups in total. The Hall–Kier alpha value is -1.80. The molecule has 2 aromatic rings. The van der Waals surface area contributed by atoms with Crippen LogP contribution in [0.2, 0.25) is 0 Å². The van der Waals surface area contributed by atoms with Crippen molar-refractivity contribution in [1.29, 1.82) is 0 Å². The largest absolute Gasteiger partial charge is 0.324 e. The van der Waals surface area contributed by atoms with E-state index >= 15 is 0 Å². The molecule has 0 fully saturated rings. The maximum Gasteiger partial charge on any atom is 0.0485 e. The molecule has 2 nitrogen and oxygen atoms in total. The van der Waals surface area contributed by atoms with E-state index in [9.17, 15) is 0 Å². The van der Waals surface area contributed by atoms with Gasteiger partial charge in [0.05, 0.1) is 0 Å². The second-order valence-corrected chi connectivity index (χ2v) is 4.71. The molecule has 0 aliphatic carbocycles. The third-order valence-electron chi connectivity index (χ3n) is 3.27. The highest BCUT2D eigenvalue weighted by Gasteiger charge is 2.22. The van der Waals surface area contributed by atoms with Crippen LogP contribution in [-0.4, -0.2) is 0 Å². The molecule has 88 valence electrons. The molecular formula is C15H18N2. The quantitative estimate of drug-likeness (QED) is 0.622. The Balaban J connectivity index is 2.37. The summed E-state index contributed by atoms with van der Waals surface area (Å²) in [4.78, 5) is 0. The lowest BCUT2D eigenvalue weighted by atomic mass is 9.78. The van der Waals surface area contributed by atoms with Crippen molar-refractivity contribution in [2.24, 2.45) is 5.84 Å². The molecule has 2 heteroatoms. The van der Waals surface area contributed by atoms with E-state index in [4.69, 9.17) is 5.84 Å². The van der Waals surface area contributed by atoms with Gasteiger partial charge in [0.2, 0.25) is 0 Å². The molecular weight excluding hydrogens is 208 g/mol. The van der Waals surface area contributed by atoms with E-state index in [0.29, 0.717) is 0 Å². The first-order valence-electron chi connectivity index (χ1n) is 5.77. The van der Waals surface area contributed by atoms with Crippen molar-refractivity contribution in [2.75, 3.05) is 5.43 Å². The second-order valence-electron chi connectivity index (χ2n) is 4.71. The van der Waals surface area contributed by atoms with Crippen LogP contribution in [0.5, 0.6) is 0 Å². The van der Waals surface area contributed by atoms with Crippen molar-refractivity contribution < 1.29 is 0 Å². The number of nitrogen functional groups attached to an aromatic ring is 1. The summed E-state index contributed by atoms with van der Waals surface area (Å²) in [6.45, 7) is 4.46. The van der Waals surface area contributed by atoms with E-state index in [-0.39, 0.29) is 5.41 Å². The van der Waals surface area contributed by atoms with Gasteiger partial charge < -0.3 is 5.43 Å². The van der Waals surface area contributed by atoms with Crippen molar-refractivity contribution in [3.63, 3.8) is 0 Å². The molecule has 0 saturated carbocycles. The first-order chi connectivity index (χ1) is 8.14. The molecule has 0 heterocycles. The molecule has 0 atom stereocenters. The summed E-state index contributed by atoms with van der Waals surface area (Å²) in [7, 11) is 0. The van der Waals surface area contributed by atoms with Crippen LogP contribution >= 0.6 is 0 Å². The van der Waals surface area contributed by atoms with Gasteiger partial charge in [-0.25, -0.2) is 0 Å². The van der Waals surface area contributed by atoms with Gasteiger partial charge in [-0.05, 0) is 23.3 Å². The van der Waals surface area contributed by atoms with Gasteiger partial charge in [0.15, 0.2) is 0 Å². The van der Waals surface area contributed by atoms with E-state index in [2.05, 4.69) is 55.7 Å². The van der Waals surface area contributed by atoms with E-state index < -0.39 is 0 Å². The zero-order valence-corrected chi connectivity index (χ0v) is 10.3. The van der Waals surface area contributed by atoms with Gasteiger partial charge in [-0.15, -0.1) is 0 Å². The molecule has 0 aliphatic heterocycles. The molecule has 0 bridgehead atoms. The Bertz CT molecular complexity index is 472. The molecule has 0 radical (unpaired) electrons. The SMILES string of the molecule is CC(C)(c1ccccc1)c1ccc(NN)cc1. The van der Waals surface area contributed by atoms with Crippen molar-refractivity contribution >= 4 is 5.69 Å². The predicted molar refractivity (Wildman–Crippen MR) is 72.8 cm³/mol. The minimum atomic E-state index is 0.00832. The number of benzene rings is 2. The lowest BCUT2D eigenvalue weighted by Crippen LogP contribution is -2.18. The Morgan fingerprint density at radius 2 is 1.35 bits per heavy atom. The Morgan fingerprint density at radius 1 is 0.824 bits per heavy atom. The number of nitrogens with one attached hydrogen (secondary N) is 1. The first kappa shape index (κ1) is 11.7. The topological polar surface area (TPSA) is 38.0 Å². The minimum Gasteiger partial charge on any atom is -0.324 e. The molecule has 0 unspecified atom stereocenters. The number of hydrogen-bond donors (Lipinski definition) is 2. The van der Waals surface area contributed by atoms with Crippen LogP contribution in [0, 0.1) is 0 Å². The fourth-order valence-corrected chi connectivity index (χ4v) is 2.00. The molecule has 2 rings (SSSR count). The monoisotopic (exact) mass is 226 g/mol. The molecule has 17 heavy (non-hydrogen) atoms. The minimum absolute atomic E-state index is 0.00832. The van der Waals surface area contributed by atoms with Gasteiger partial charge in [0, 0.05) is 11.1 Å². The van der Waals surface area contributed by atoms with Crippen LogP contribution in [0.3, 0.4) is 0 Å². The fraction of sp³-hybridized carbons (Fsp3) is 0.200. The standard InChI is InChI=1S/C15H18N2/c1-15(2,12-6-4-3-5-7-12)13-8-10-14(17-16)11-9-13/h3-11,17H,16H2,1-2H3.